The molecule has 0 spiro atoms. The van der Waals surface area contributed by atoms with E-state index in [4.69, 9.17) is 0 Å². The molecule has 0 aliphatic rings. The summed E-state index contributed by atoms with van der Waals surface area (Å²) in [6.07, 6.45) is -0.832. The maximum atomic E-state index is 13.1. The Labute approximate surface area is 173 Å². The lowest BCUT2D eigenvalue weighted by Crippen LogP contribution is -2.34. The Morgan fingerprint density at radius 3 is 2.40 bits per heavy atom. The third kappa shape index (κ3) is 5.25. The summed E-state index contributed by atoms with van der Waals surface area (Å²) in [4.78, 5) is 18.2. The van der Waals surface area contributed by atoms with E-state index >= 15 is 0 Å². The van der Waals surface area contributed by atoms with Gasteiger partial charge in [0.05, 0.1) is 17.8 Å². The highest BCUT2D eigenvalue weighted by Gasteiger charge is 2.32. The van der Waals surface area contributed by atoms with Gasteiger partial charge in [-0.05, 0) is 37.5 Å². The first kappa shape index (κ1) is 21.5. The first-order valence-corrected chi connectivity index (χ1v) is 9.68. The van der Waals surface area contributed by atoms with Gasteiger partial charge >= 0.3 is 6.18 Å². The fraction of sp³-hybridized carbons (Fsp3) is 0.318. The number of amides is 1. The Morgan fingerprint density at radius 1 is 1.10 bits per heavy atom. The number of carbonyl (C=O) groups is 1. The quantitative estimate of drug-likeness (QED) is 0.572. The van der Waals surface area contributed by atoms with Gasteiger partial charge in [0.2, 0.25) is 5.91 Å². The van der Waals surface area contributed by atoms with Crippen molar-refractivity contribution in [2.75, 3.05) is 11.4 Å². The van der Waals surface area contributed by atoms with Gasteiger partial charge in [0.1, 0.15) is 5.69 Å². The summed E-state index contributed by atoms with van der Waals surface area (Å²) in [5, 5.41) is 4.42. The minimum absolute atomic E-state index is 0.0974. The SMILES string of the molecule is CCn1cc(N(CCc2ccc(C(F)(F)F)nc2)C(=O)Cc2ccccc2)c(C)n1. The van der Waals surface area contributed by atoms with Crippen molar-refractivity contribution in [3.63, 3.8) is 0 Å². The van der Waals surface area contributed by atoms with Crippen LogP contribution in [0.15, 0.2) is 54.9 Å². The van der Waals surface area contributed by atoms with Crippen molar-refractivity contribution in [2.24, 2.45) is 0 Å². The van der Waals surface area contributed by atoms with Crippen LogP contribution < -0.4 is 4.90 Å². The zero-order chi connectivity index (χ0) is 21.7. The number of halogens is 3. The highest BCUT2D eigenvalue weighted by Crippen LogP contribution is 2.27. The van der Waals surface area contributed by atoms with Crippen molar-refractivity contribution in [2.45, 2.75) is 39.4 Å². The standard InChI is InChI=1S/C22H23F3N4O/c1-3-28-15-19(16(2)27-28)29(21(30)13-17-7-5-4-6-8-17)12-11-18-9-10-20(26-14-18)22(23,24)25/h4-10,14-15H,3,11-13H2,1-2H3. The molecule has 0 fully saturated rings. The molecule has 30 heavy (non-hydrogen) atoms. The second kappa shape index (κ2) is 9.11. The van der Waals surface area contributed by atoms with Gasteiger partial charge in [0.15, 0.2) is 0 Å². The molecule has 0 unspecified atom stereocenters. The molecule has 158 valence electrons. The normalized spacial score (nSPS) is 11.5. The van der Waals surface area contributed by atoms with Gasteiger partial charge in [-0.2, -0.15) is 18.3 Å². The highest BCUT2D eigenvalue weighted by molar-refractivity contribution is 5.95. The number of nitrogens with zero attached hydrogens (tertiary/aromatic N) is 4. The third-order valence-corrected chi connectivity index (χ3v) is 4.77. The van der Waals surface area contributed by atoms with E-state index < -0.39 is 11.9 Å². The fourth-order valence-electron chi connectivity index (χ4n) is 3.16. The number of pyridine rings is 1. The number of anilines is 1. The van der Waals surface area contributed by atoms with Crippen LogP contribution in [0.1, 0.15) is 29.4 Å². The second-order valence-electron chi connectivity index (χ2n) is 6.96. The molecule has 8 heteroatoms. The molecule has 0 radical (unpaired) electrons. The molecule has 0 atom stereocenters. The summed E-state index contributed by atoms with van der Waals surface area (Å²) in [6.45, 7) is 4.78. The lowest BCUT2D eigenvalue weighted by atomic mass is 10.1. The number of aryl methyl sites for hydroxylation is 2. The predicted octanol–water partition coefficient (Wildman–Crippen LogP) is 4.44. The van der Waals surface area contributed by atoms with Crippen LogP contribution in [-0.4, -0.2) is 27.2 Å². The smallest absolute Gasteiger partial charge is 0.309 e. The Morgan fingerprint density at radius 2 is 1.83 bits per heavy atom. The molecular weight excluding hydrogens is 393 g/mol. The van der Waals surface area contributed by atoms with E-state index in [-0.39, 0.29) is 12.3 Å². The lowest BCUT2D eigenvalue weighted by molar-refractivity contribution is -0.141. The minimum Gasteiger partial charge on any atom is -0.309 e. The van der Waals surface area contributed by atoms with Crippen LogP contribution in [0.4, 0.5) is 18.9 Å². The number of aromatic nitrogens is 3. The molecule has 3 aromatic rings. The first-order chi connectivity index (χ1) is 14.3. The van der Waals surface area contributed by atoms with Crippen LogP contribution in [0.2, 0.25) is 0 Å². The van der Waals surface area contributed by atoms with Crippen molar-refractivity contribution in [3.05, 3.63) is 77.4 Å². The van der Waals surface area contributed by atoms with Gasteiger partial charge < -0.3 is 4.90 Å². The Bertz CT molecular complexity index is 982. The molecular formula is C22H23F3N4O. The number of benzene rings is 1. The molecule has 0 aliphatic carbocycles. The number of carbonyl (C=O) groups excluding carboxylic acids is 1. The molecule has 2 aromatic heterocycles. The van der Waals surface area contributed by atoms with Crippen molar-refractivity contribution >= 4 is 11.6 Å². The molecule has 0 saturated carbocycles. The van der Waals surface area contributed by atoms with E-state index in [0.29, 0.717) is 30.8 Å². The molecule has 2 heterocycles. The molecule has 0 bridgehead atoms. The molecule has 0 N–H and O–H groups in total. The van der Waals surface area contributed by atoms with E-state index in [1.165, 1.54) is 12.3 Å². The number of hydrogen-bond donors (Lipinski definition) is 0. The average molecular weight is 416 g/mol. The first-order valence-electron chi connectivity index (χ1n) is 9.68. The number of alkyl halides is 3. The van der Waals surface area contributed by atoms with E-state index in [0.717, 1.165) is 17.3 Å². The van der Waals surface area contributed by atoms with Gasteiger partial charge in [-0.3, -0.25) is 14.5 Å². The van der Waals surface area contributed by atoms with Crippen molar-refractivity contribution in [1.29, 1.82) is 0 Å². The monoisotopic (exact) mass is 416 g/mol. The average Bonchev–Trinajstić information content (AvgIpc) is 3.09. The van der Waals surface area contributed by atoms with Crippen molar-refractivity contribution in [3.8, 4) is 0 Å². The van der Waals surface area contributed by atoms with E-state index in [1.54, 1.807) is 9.58 Å². The third-order valence-electron chi connectivity index (χ3n) is 4.77. The van der Waals surface area contributed by atoms with E-state index in [1.807, 2.05) is 50.4 Å². The van der Waals surface area contributed by atoms with Crippen LogP contribution in [0, 0.1) is 6.92 Å². The summed E-state index contributed by atoms with van der Waals surface area (Å²) in [6, 6.07) is 11.8. The molecule has 0 aliphatic heterocycles. The number of hydrogen-bond acceptors (Lipinski definition) is 3. The lowest BCUT2D eigenvalue weighted by Gasteiger charge is -2.22. The van der Waals surface area contributed by atoms with Crippen molar-refractivity contribution in [1.82, 2.24) is 14.8 Å². The highest BCUT2D eigenvalue weighted by atomic mass is 19.4. The van der Waals surface area contributed by atoms with E-state index in [2.05, 4.69) is 10.1 Å². The summed E-state index contributed by atoms with van der Waals surface area (Å²) < 4.78 is 39.9. The minimum atomic E-state index is -4.47. The molecule has 0 saturated heterocycles. The maximum Gasteiger partial charge on any atom is 0.433 e. The van der Waals surface area contributed by atoms with Gasteiger partial charge in [0, 0.05) is 25.5 Å². The largest absolute Gasteiger partial charge is 0.433 e. The van der Waals surface area contributed by atoms with Crippen LogP contribution >= 0.6 is 0 Å². The van der Waals surface area contributed by atoms with Crippen LogP contribution in [-0.2, 0) is 30.4 Å². The van der Waals surface area contributed by atoms with Gasteiger partial charge in [-0.15, -0.1) is 0 Å². The second-order valence-corrected chi connectivity index (χ2v) is 6.96. The van der Waals surface area contributed by atoms with Crippen LogP contribution in [0.5, 0.6) is 0 Å². The number of rotatable bonds is 7. The zero-order valence-electron chi connectivity index (χ0n) is 16.9. The summed E-state index contributed by atoms with van der Waals surface area (Å²) in [5.41, 5.74) is 2.02. The van der Waals surface area contributed by atoms with Crippen molar-refractivity contribution < 1.29 is 18.0 Å². The zero-order valence-corrected chi connectivity index (χ0v) is 16.9. The molecule has 1 amide bonds. The summed E-state index contributed by atoms with van der Waals surface area (Å²) >= 11 is 0. The predicted molar refractivity (Wildman–Crippen MR) is 108 cm³/mol. The Hall–Kier alpha value is -3.16. The Balaban J connectivity index is 1.80. The summed E-state index contributed by atoms with van der Waals surface area (Å²) in [7, 11) is 0. The molecule has 3 rings (SSSR count). The fourth-order valence-corrected chi connectivity index (χ4v) is 3.16. The topological polar surface area (TPSA) is 51.0 Å². The van der Waals surface area contributed by atoms with E-state index in [9.17, 15) is 18.0 Å². The van der Waals surface area contributed by atoms with Gasteiger partial charge in [0.25, 0.3) is 0 Å². The Kier molecular flexibility index (Phi) is 6.54. The molecule has 1 aromatic carbocycles. The summed E-state index contributed by atoms with van der Waals surface area (Å²) in [5.74, 6) is -0.0974. The maximum absolute atomic E-state index is 13.1. The van der Waals surface area contributed by atoms with Gasteiger partial charge in [-0.1, -0.05) is 36.4 Å². The van der Waals surface area contributed by atoms with Crippen LogP contribution in [0.3, 0.4) is 0 Å². The molecule has 5 nitrogen and oxygen atoms in total. The van der Waals surface area contributed by atoms with Crippen LogP contribution in [0.25, 0.3) is 0 Å². The van der Waals surface area contributed by atoms with Gasteiger partial charge in [-0.25, -0.2) is 0 Å².